The van der Waals surface area contributed by atoms with Gasteiger partial charge in [-0.3, -0.25) is 4.98 Å². The van der Waals surface area contributed by atoms with Gasteiger partial charge in [0.25, 0.3) is 0 Å². The average Bonchev–Trinajstić information content (AvgIpc) is 2.20. The number of rotatable bonds is 1. The van der Waals surface area contributed by atoms with Crippen molar-refractivity contribution in [2.24, 2.45) is 5.92 Å². The smallest absolute Gasteiger partial charge is 0.142 e. The van der Waals surface area contributed by atoms with Gasteiger partial charge in [-0.25, -0.2) is 4.39 Å². The Morgan fingerprint density at radius 3 is 3.00 bits per heavy atom. The van der Waals surface area contributed by atoms with Crippen LogP contribution in [-0.4, -0.2) is 17.6 Å². The Hall–Kier alpha value is -1.22. The van der Waals surface area contributed by atoms with Gasteiger partial charge >= 0.3 is 0 Å². The van der Waals surface area contributed by atoms with Crippen molar-refractivity contribution < 1.29 is 4.39 Å². The summed E-state index contributed by atoms with van der Waals surface area (Å²) in [6, 6.07) is 2.17. The Balaban J connectivity index is 1.88. The number of fused-ring (bicyclic) bond motifs is 1. The average molecular weight is 204 g/mol. The summed E-state index contributed by atoms with van der Waals surface area (Å²) in [6.45, 7) is 1.13. The van der Waals surface area contributed by atoms with Crippen molar-refractivity contribution in [3.8, 4) is 0 Å². The Kier molecular flexibility index (Phi) is 2.06. The molecule has 0 amide bonds. The first kappa shape index (κ1) is 9.04. The molecule has 0 aromatic carbocycles. The van der Waals surface area contributed by atoms with E-state index < -0.39 is 0 Å². The van der Waals surface area contributed by atoms with Crippen molar-refractivity contribution in [2.75, 3.05) is 6.54 Å². The van der Waals surface area contributed by atoms with Crippen molar-refractivity contribution >= 4 is 5.57 Å². The minimum atomic E-state index is -0.253. The molecule has 3 rings (SSSR count). The molecular weight excluding hydrogens is 191 g/mol. The molecular formula is C12H13FN2. The van der Waals surface area contributed by atoms with Crippen LogP contribution in [-0.2, 0) is 0 Å². The van der Waals surface area contributed by atoms with Gasteiger partial charge in [-0.15, -0.1) is 0 Å². The fourth-order valence-corrected chi connectivity index (χ4v) is 2.37. The molecule has 1 N–H and O–H groups in total. The van der Waals surface area contributed by atoms with E-state index in [4.69, 9.17) is 0 Å². The Morgan fingerprint density at radius 1 is 1.40 bits per heavy atom. The van der Waals surface area contributed by atoms with Crippen LogP contribution in [0, 0.1) is 11.7 Å². The monoisotopic (exact) mass is 204 g/mol. The predicted octanol–water partition coefficient (Wildman–Crippen LogP) is 1.99. The molecule has 1 aromatic rings. The number of allylic oxidation sites excluding steroid dienone is 1. The standard InChI is InChI=1S/C12H13FN2/c13-11-3-10(5-14-7-11)8-1-2-9-6-15-12(9)4-8/h1,3,5,7,9,12,15H,2,4,6H2/t9-,12-/m0/s1. The second-order valence-electron chi connectivity index (χ2n) is 4.34. The highest BCUT2D eigenvalue weighted by molar-refractivity contribution is 5.66. The molecule has 0 radical (unpaired) electrons. The lowest BCUT2D eigenvalue weighted by Gasteiger charge is -2.41. The van der Waals surface area contributed by atoms with Crippen LogP contribution in [0.5, 0.6) is 0 Å². The van der Waals surface area contributed by atoms with E-state index in [0.717, 1.165) is 30.9 Å². The van der Waals surface area contributed by atoms with Crippen LogP contribution in [0.1, 0.15) is 18.4 Å². The number of aromatic nitrogens is 1. The van der Waals surface area contributed by atoms with E-state index in [1.807, 2.05) is 0 Å². The van der Waals surface area contributed by atoms with E-state index >= 15 is 0 Å². The van der Waals surface area contributed by atoms with Gasteiger partial charge < -0.3 is 5.32 Å². The van der Waals surface area contributed by atoms with E-state index in [0.29, 0.717) is 6.04 Å². The lowest BCUT2D eigenvalue weighted by molar-refractivity contribution is 0.230. The molecule has 2 atom stereocenters. The quantitative estimate of drug-likeness (QED) is 0.756. The Bertz CT molecular complexity index is 414. The highest BCUT2D eigenvalue weighted by Gasteiger charge is 2.32. The highest BCUT2D eigenvalue weighted by atomic mass is 19.1. The molecule has 3 heteroatoms. The van der Waals surface area contributed by atoms with Gasteiger partial charge in [0.15, 0.2) is 0 Å². The highest BCUT2D eigenvalue weighted by Crippen LogP contribution is 2.34. The third-order valence-electron chi connectivity index (χ3n) is 3.39. The summed E-state index contributed by atoms with van der Waals surface area (Å²) in [6.07, 6.45) is 7.35. The predicted molar refractivity (Wildman–Crippen MR) is 56.7 cm³/mol. The molecule has 1 aliphatic heterocycles. The second kappa shape index (κ2) is 3.42. The minimum absolute atomic E-state index is 0.253. The van der Waals surface area contributed by atoms with Crippen molar-refractivity contribution in [1.82, 2.24) is 10.3 Å². The number of nitrogens with one attached hydrogen (secondary N) is 1. The van der Waals surface area contributed by atoms with Crippen molar-refractivity contribution in [3.63, 3.8) is 0 Å². The molecule has 1 fully saturated rings. The molecule has 1 aromatic heterocycles. The number of halogens is 1. The third kappa shape index (κ3) is 1.57. The Morgan fingerprint density at radius 2 is 2.33 bits per heavy atom. The maximum Gasteiger partial charge on any atom is 0.142 e. The summed E-state index contributed by atoms with van der Waals surface area (Å²) in [7, 11) is 0. The van der Waals surface area contributed by atoms with E-state index in [2.05, 4.69) is 16.4 Å². The van der Waals surface area contributed by atoms with E-state index in [1.165, 1.54) is 11.8 Å². The summed E-state index contributed by atoms with van der Waals surface area (Å²) in [5, 5.41) is 3.41. The van der Waals surface area contributed by atoms with Crippen LogP contribution in [0.4, 0.5) is 4.39 Å². The maximum atomic E-state index is 13.0. The first-order valence-electron chi connectivity index (χ1n) is 5.36. The maximum absolute atomic E-state index is 13.0. The zero-order valence-electron chi connectivity index (χ0n) is 8.41. The molecule has 2 nitrogen and oxygen atoms in total. The largest absolute Gasteiger partial charge is 0.313 e. The van der Waals surface area contributed by atoms with E-state index in [9.17, 15) is 4.39 Å². The molecule has 0 spiro atoms. The van der Waals surface area contributed by atoms with Gasteiger partial charge in [0.05, 0.1) is 6.20 Å². The molecule has 0 bridgehead atoms. The lowest BCUT2D eigenvalue weighted by Crippen LogP contribution is -2.53. The van der Waals surface area contributed by atoms with Gasteiger partial charge in [-0.1, -0.05) is 6.08 Å². The fraction of sp³-hybridized carbons (Fsp3) is 0.417. The molecule has 0 saturated carbocycles. The van der Waals surface area contributed by atoms with Gasteiger partial charge in [-0.05, 0) is 36.0 Å². The SMILES string of the molecule is Fc1cncc(C2=CC[C@H]3CN[C@H]3C2)c1. The van der Waals surface area contributed by atoms with Crippen LogP contribution in [0.15, 0.2) is 24.5 Å². The lowest BCUT2D eigenvalue weighted by atomic mass is 9.78. The third-order valence-corrected chi connectivity index (χ3v) is 3.39. The fourth-order valence-electron chi connectivity index (χ4n) is 2.37. The minimum Gasteiger partial charge on any atom is -0.313 e. The second-order valence-corrected chi connectivity index (χ2v) is 4.34. The van der Waals surface area contributed by atoms with Gasteiger partial charge in [-0.2, -0.15) is 0 Å². The first-order valence-corrected chi connectivity index (χ1v) is 5.36. The number of nitrogens with zero attached hydrogens (tertiary/aromatic N) is 1. The zero-order chi connectivity index (χ0) is 10.3. The van der Waals surface area contributed by atoms with E-state index in [1.54, 1.807) is 12.3 Å². The van der Waals surface area contributed by atoms with Gasteiger partial charge in [0, 0.05) is 18.8 Å². The first-order chi connectivity index (χ1) is 7.33. The molecule has 0 unspecified atom stereocenters. The summed E-state index contributed by atoms with van der Waals surface area (Å²) in [5.74, 6) is 0.548. The molecule has 78 valence electrons. The molecule has 1 aliphatic carbocycles. The molecule has 15 heavy (non-hydrogen) atoms. The van der Waals surface area contributed by atoms with Gasteiger partial charge in [0.1, 0.15) is 5.82 Å². The zero-order valence-corrected chi connectivity index (χ0v) is 8.41. The van der Waals surface area contributed by atoms with Crippen LogP contribution in [0.25, 0.3) is 5.57 Å². The summed E-state index contributed by atoms with van der Waals surface area (Å²) < 4.78 is 13.0. The van der Waals surface area contributed by atoms with E-state index in [-0.39, 0.29) is 5.82 Å². The Labute approximate surface area is 88.2 Å². The number of hydrogen-bond donors (Lipinski definition) is 1. The summed E-state index contributed by atoms with van der Waals surface area (Å²) in [5.41, 5.74) is 2.16. The van der Waals surface area contributed by atoms with Gasteiger partial charge in [0.2, 0.25) is 0 Å². The normalized spacial score (nSPS) is 29.0. The summed E-state index contributed by atoms with van der Waals surface area (Å²) in [4.78, 5) is 3.89. The van der Waals surface area contributed by atoms with Crippen LogP contribution >= 0.6 is 0 Å². The van der Waals surface area contributed by atoms with Crippen LogP contribution in [0.2, 0.25) is 0 Å². The van der Waals surface area contributed by atoms with Crippen LogP contribution < -0.4 is 5.32 Å². The number of pyridine rings is 1. The molecule has 2 aliphatic rings. The number of hydrogen-bond acceptors (Lipinski definition) is 2. The van der Waals surface area contributed by atoms with Crippen LogP contribution in [0.3, 0.4) is 0 Å². The van der Waals surface area contributed by atoms with Crippen molar-refractivity contribution in [1.29, 1.82) is 0 Å². The van der Waals surface area contributed by atoms with Crippen molar-refractivity contribution in [2.45, 2.75) is 18.9 Å². The van der Waals surface area contributed by atoms with Crippen molar-refractivity contribution in [3.05, 3.63) is 35.9 Å². The summed E-state index contributed by atoms with van der Waals surface area (Å²) >= 11 is 0. The topological polar surface area (TPSA) is 24.9 Å². The molecule has 1 saturated heterocycles. The molecule has 2 heterocycles.